The molecule has 0 saturated carbocycles. The molecule has 2 aliphatic heterocycles. The Morgan fingerprint density at radius 3 is 1.78 bits per heavy atom. The molecule has 4 aromatic rings. The van der Waals surface area contributed by atoms with E-state index in [0.29, 0.717) is 20.9 Å². The molecule has 320 valence electrons. The molecule has 0 aromatic carbocycles. The van der Waals surface area contributed by atoms with Crippen LogP contribution in [0.15, 0.2) is 55.0 Å². The van der Waals surface area contributed by atoms with Gasteiger partial charge in [0.05, 0.1) is 22.4 Å². The van der Waals surface area contributed by atoms with Gasteiger partial charge in [0.1, 0.15) is 33.3 Å². The molecule has 59 heavy (non-hydrogen) atoms. The van der Waals surface area contributed by atoms with Gasteiger partial charge in [-0.15, -0.1) is 0 Å². The van der Waals surface area contributed by atoms with E-state index < -0.39 is 0 Å². The zero-order valence-electron chi connectivity index (χ0n) is 32.1. The first-order chi connectivity index (χ1) is 27.4. The second-order valence-electron chi connectivity index (χ2n) is 11.6. The smallest absolute Gasteiger partial charge is 0.290 e. The van der Waals surface area contributed by atoms with E-state index in [0.717, 1.165) is 18.7 Å². The molecule has 2 unspecified atom stereocenters. The van der Waals surface area contributed by atoms with Gasteiger partial charge in [0.15, 0.2) is 20.6 Å². The maximum absolute atomic E-state index is 11.6. The summed E-state index contributed by atoms with van der Waals surface area (Å²) in [6.45, 7) is 2.38. The molecule has 0 spiro atoms. The first-order valence-corrected chi connectivity index (χ1v) is 19.6. The van der Waals surface area contributed by atoms with Crippen LogP contribution in [-0.2, 0) is 37.7 Å². The van der Waals surface area contributed by atoms with Crippen molar-refractivity contribution in [1.82, 2.24) is 49.0 Å². The fourth-order valence-electron chi connectivity index (χ4n) is 4.40. The number of nitrogen functional groups attached to an aromatic ring is 3. The van der Waals surface area contributed by atoms with Crippen LogP contribution in [0.5, 0.6) is 0 Å². The molecule has 0 aliphatic carbocycles. The second-order valence-corrected chi connectivity index (χ2v) is 15.0. The Labute approximate surface area is 379 Å². The Hall–Kier alpha value is -4.39. The number of hydrazone groups is 1. The monoisotopic (exact) mass is 1050 g/mol. The minimum atomic E-state index is -0.379. The molecule has 27 heteroatoms. The molecule has 6 rings (SSSR count). The molecule has 6 heterocycles. The lowest BCUT2D eigenvalue weighted by atomic mass is 10.0. The Kier molecular flexibility index (Phi) is 19.6. The van der Waals surface area contributed by atoms with E-state index >= 15 is 0 Å². The molecule has 0 bridgehead atoms. The number of anilines is 3. The van der Waals surface area contributed by atoms with Crippen molar-refractivity contribution in [1.29, 1.82) is 0 Å². The quantitative estimate of drug-likeness (QED) is 0.197. The van der Waals surface area contributed by atoms with Gasteiger partial charge >= 0.3 is 0 Å². The number of nitrogens with zero attached hydrogens (tertiary/aromatic N) is 11. The summed E-state index contributed by atoms with van der Waals surface area (Å²) in [5, 5.41) is 21.4. The summed E-state index contributed by atoms with van der Waals surface area (Å²) < 4.78 is 9.88. The van der Waals surface area contributed by atoms with Gasteiger partial charge in [0.25, 0.3) is 28.1 Å². The van der Waals surface area contributed by atoms with Crippen LogP contribution in [0.1, 0.15) is 12.5 Å². The molecule has 4 aromatic heterocycles. The van der Waals surface area contributed by atoms with Crippen LogP contribution >= 0.6 is 92.2 Å². The lowest BCUT2D eigenvalue weighted by Gasteiger charge is -2.31. The molecule has 6 N–H and O–H groups in total. The Morgan fingerprint density at radius 1 is 0.729 bits per heavy atom. The Balaban J connectivity index is 0.000000257. The third-order valence-corrected chi connectivity index (χ3v) is 10.3. The van der Waals surface area contributed by atoms with Crippen molar-refractivity contribution in [2.24, 2.45) is 39.2 Å². The number of aromatic nitrogens is 8. The number of fused-ring (bicyclic) bond motifs is 1. The number of carbonyl (C=O) groups is 1. The number of nitrogens with two attached hydrogens (primary N) is 3. The lowest BCUT2D eigenvalue weighted by molar-refractivity contribution is -0.135. The predicted octanol–water partition coefficient (Wildman–Crippen LogP) is 3.20. The van der Waals surface area contributed by atoms with Crippen LogP contribution in [-0.4, -0.2) is 86.9 Å². The largest absolute Gasteiger partial charge is 0.501 e. The second kappa shape index (κ2) is 22.8. The van der Waals surface area contributed by atoms with Crippen LogP contribution in [0.3, 0.4) is 0 Å². The third-order valence-electron chi connectivity index (χ3n) is 7.40. The van der Waals surface area contributed by atoms with Gasteiger partial charge in [-0.1, -0.05) is 75.7 Å². The average molecular weight is 1050 g/mol. The summed E-state index contributed by atoms with van der Waals surface area (Å²) in [5.41, 5.74) is 15.6. The number of carbonyl (C=O) groups excluding carboxylic acids is 1. The van der Waals surface area contributed by atoms with Gasteiger partial charge < -0.3 is 26.8 Å². The Morgan fingerprint density at radius 2 is 1.24 bits per heavy atom. The highest BCUT2D eigenvalue weighted by Crippen LogP contribution is 2.28. The predicted molar refractivity (Wildman–Crippen MR) is 240 cm³/mol. The van der Waals surface area contributed by atoms with Crippen molar-refractivity contribution < 1.29 is 9.53 Å². The molecular weight excluding hydrogens is 1020 g/mol. The van der Waals surface area contributed by atoms with Gasteiger partial charge in [-0.25, -0.2) is 23.7 Å². The summed E-state index contributed by atoms with van der Waals surface area (Å²) in [6.07, 6.45) is 6.72. The van der Waals surface area contributed by atoms with Crippen molar-refractivity contribution in [3.05, 3.63) is 107 Å². The minimum Gasteiger partial charge on any atom is -0.501 e. The number of rotatable bonds is 3. The van der Waals surface area contributed by atoms with E-state index in [1.54, 1.807) is 7.05 Å². The van der Waals surface area contributed by atoms with Crippen LogP contribution in [0.2, 0.25) is 25.6 Å². The standard InChI is InChI=1S/C9H12ClN3O2.C8H10ClN3O.C5H4Cl2N2O.C5H5ClIN3O.C5H6ClN3O/c1-3-15-5-4-6-7(11)9(14)13(2)12-8(6)10;1-11-4-3-5-6(11)8(13)12(2)10-7(5)9;1-9-5(10)3(6)2-4(7)8-9;1-10-5(11)3(8)2(7)4(6)9-10;1-9-5(10)3(7)2-4(6)8-9/h4-5H,3,11H2,1-2H3;3-6H,1-2H3;2H,1H3;8H2,1H3;2H,7H2,1H3/b5-4+;;;;. The number of aryl methyl sites for hydroxylation is 4. The van der Waals surface area contributed by atoms with E-state index in [4.69, 9.17) is 91.5 Å². The summed E-state index contributed by atoms with van der Waals surface area (Å²) in [4.78, 5) is 57.6. The van der Waals surface area contributed by atoms with Crippen molar-refractivity contribution in [2.75, 3.05) is 37.9 Å². The molecule has 20 nitrogen and oxygen atoms in total. The Bertz CT molecular complexity index is 2390. The number of ether oxygens (including phenoxy) is 1. The SMILES string of the molecule is CCO/C=C/c1c(Cl)nn(C)c(=O)c1N.CN1N=C(Cl)C2C=CN(C)C2C1=O.Cn1nc(Cl)c(I)c(N)c1=O.Cn1nc(Cl)cc(Cl)c1=O.Cn1nc(Cl)cc(N)c1=O. The summed E-state index contributed by atoms with van der Waals surface area (Å²) in [7, 11) is 9.45. The molecule has 0 fully saturated rings. The van der Waals surface area contributed by atoms with E-state index in [-0.39, 0.29) is 82.8 Å². The van der Waals surface area contributed by atoms with Crippen molar-refractivity contribution in [3.63, 3.8) is 0 Å². The lowest BCUT2D eigenvalue weighted by Crippen LogP contribution is -2.48. The number of hydrogen-bond acceptors (Lipinski definition) is 15. The fraction of sp³-hybridized carbons (Fsp3) is 0.312. The molecule has 2 atom stereocenters. The summed E-state index contributed by atoms with van der Waals surface area (Å²) >= 11 is 35.7. The van der Waals surface area contributed by atoms with Gasteiger partial charge in [0.2, 0.25) is 0 Å². The topological polar surface area (TPSA) is 263 Å². The van der Waals surface area contributed by atoms with Crippen molar-refractivity contribution >= 4 is 126 Å². The third kappa shape index (κ3) is 13.8. The van der Waals surface area contributed by atoms with Crippen LogP contribution in [0.25, 0.3) is 6.08 Å². The molecule has 0 radical (unpaired) electrons. The maximum atomic E-state index is 11.6. The zero-order chi connectivity index (χ0) is 45.0. The van der Waals surface area contributed by atoms with Crippen LogP contribution in [0, 0.1) is 9.49 Å². The van der Waals surface area contributed by atoms with E-state index in [2.05, 4.69) is 25.5 Å². The first kappa shape index (κ1) is 50.8. The highest BCUT2D eigenvalue weighted by atomic mass is 127. The highest BCUT2D eigenvalue weighted by Gasteiger charge is 2.41. The summed E-state index contributed by atoms with van der Waals surface area (Å²) in [6, 6.07) is 2.44. The van der Waals surface area contributed by atoms with Crippen molar-refractivity contribution in [2.45, 2.75) is 13.0 Å². The van der Waals surface area contributed by atoms with E-state index in [1.807, 2.05) is 53.7 Å². The van der Waals surface area contributed by atoms with Gasteiger partial charge in [0, 0.05) is 60.0 Å². The molecular formula is C32H37Cl6IN14O6. The number of amides is 1. The van der Waals surface area contributed by atoms with Gasteiger partial charge in [-0.3, -0.25) is 24.0 Å². The van der Waals surface area contributed by atoms with Crippen LogP contribution < -0.4 is 39.4 Å². The first-order valence-electron chi connectivity index (χ1n) is 16.2. The average Bonchev–Trinajstić information content (AvgIpc) is 3.56. The van der Waals surface area contributed by atoms with E-state index in [9.17, 15) is 24.0 Å². The highest BCUT2D eigenvalue weighted by molar-refractivity contribution is 14.1. The molecule has 2 aliphatic rings. The maximum Gasteiger partial charge on any atom is 0.290 e. The molecule has 0 saturated heterocycles. The summed E-state index contributed by atoms with van der Waals surface area (Å²) in [5.74, 6) is -0.0720. The van der Waals surface area contributed by atoms with E-state index in [1.165, 1.54) is 57.7 Å². The molecule has 1 amide bonds. The number of hydrogen-bond donors (Lipinski definition) is 3. The van der Waals surface area contributed by atoms with Gasteiger partial charge in [-0.2, -0.15) is 25.5 Å². The number of likely N-dealkylation sites (N-methyl/N-ethyl adjacent to an activating group) is 2. The normalized spacial score (nSPS) is 15.1. The zero-order valence-corrected chi connectivity index (χ0v) is 38.8. The van der Waals surface area contributed by atoms with Gasteiger partial charge in [-0.05, 0) is 41.8 Å². The minimum absolute atomic E-state index is 0.0121. The van der Waals surface area contributed by atoms with Crippen molar-refractivity contribution in [3.8, 4) is 0 Å². The van der Waals surface area contributed by atoms with Crippen LogP contribution in [0.4, 0.5) is 17.1 Å². The number of halogens is 7. The fourth-order valence-corrected chi connectivity index (χ4v) is 6.28.